The number of esters is 1. The van der Waals surface area contributed by atoms with Gasteiger partial charge in [-0.2, -0.15) is 5.10 Å². The van der Waals surface area contributed by atoms with Gasteiger partial charge in [-0.05, 0) is 84.6 Å². The number of methoxy groups -OCH3 is 1. The van der Waals surface area contributed by atoms with Crippen molar-refractivity contribution in [3.8, 4) is 23.0 Å². The number of hydrazone groups is 1. The molecule has 12 nitrogen and oxygen atoms in total. The average molecular weight is 712 g/mol. The predicted molar refractivity (Wildman–Crippen MR) is 180 cm³/mol. The molecule has 3 aromatic carbocycles. The normalized spacial score (nSPS) is 15.0. The van der Waals surface area contributed by atoms with E-state index in [9.17, 15) is 14.7 Å². The third-order valence-electron chi connectivity index (χ3n) is 6.94. The third kappa shape index (κ3) is 9.39. The predicted octanol–water partition coefficient (Wildman–Crippen LogP) is 5.26. The van der Waals surface area contributed by atoms with Crippen LogP contribution in [0.15, 0.2) is 75.4 Å². The number of carbonyl (C=O) groups is 2. The summed E-state index contributed by atoms with van der Waals surface area (Å²) in [7, 11) is 1.28. The van der Waals surface area contributed by atoms with Gasteiger partial charge in [0, 0.05) is 5.70 Å². The number of allylic oxidation sites excluding steroid dienone is 1. The summed E-state index contributed by atoms with van der Waals surface area (Å²) in [5, 5.41) is 20.0. The molecule has 13 heteroatoms. The second-order valence-corrected chi connectivity index (χ2v) is 11.3. The molecule has 1 aliphatic rings. The topological polar surface area (TPSA) is 149 Å². The molecule has 47 heavy (non-hydrogen) atoms. The van der Waals surface area contributed by atoms with Gasteiger partial charge in [-0.25, -0.2) is 9.59 Å². The van der Waals surface area contributed by atoms with E-state index in [-0.39, 0.29) is 12.2 Å². The second-order valence-electron chi connectivity index (χ2n) is 10.5. The molecule has 1 aliphatic heterocycles. The van der Waals surface area contributed by atoms with Crippen molar-refractivity contribution in [3.05, 3.63) is 92.6 Å². The standard InChI is InChI=1S/C34H39BrN4O8/c1-6-44-27-16-24(31-30(33(41)43-5)21(4)37-34(42)38-31)12-13-26(27)46-19-29(40)39-36-17-23-14-25(35)32(28(15-23)45-7-2)47-18-22-10-8-20(3)9-11-22/h8-17,29,31,39-40H,6-7,18-19H2,1-5H3,(H2,37,38,42)/b36-17-/t29-,31+/m0/s1. The van der Waals surface area contributed by atoms with Crippen LogP contribution < -0.4 is 35.0 Å². The maximum absolute atomic E-state index is 12.5. The highest BCUT2D eigenvalue weighted by atomic mass is 79.9. The summed E-state index contributed by atoms with van der Waals surface area (Å²) in [5.41, 5.74) is 6.82. The number of nitrogens with one attached hydrogen (secondary N) is 3. The van der Waals surface area contributed by atoms with Crippen LogP contribution in [0.25, 0.3) is 0 Å². The highest BCUT2D eigenvalue weighted by Crippen LogP contribution is 2.37. The van der Waals surface area contributed by atoms with E-state index in [2.05, 4.69) is 37.1 Å². The summed E-state index contributed by atoms with van der Waals surface area (Å²) in [5.74, 6) is 1.29. The number of ether oxygens (including phenoxy) is 5. The van der Waals surface area contributed by atoms with Gasteiger partial charge in [-0.1, -0.05) is 35.9 Å². The number of benzene rings is 3. The van der Waals surface area contributed by atoms with Crippen LogP contribution in [0.3, 0.4) is 0 Å². The Kier molecular flexibility index (Phi) is 12.5. The minimum atomic E-state index is -1.16. The van der Waals surface area contributed by atoms with E-state index in [0.29, 0.717) is 64.1 Å². The Labute approximate surface area is 282 Å². The molecule has 0 unspecified atom stereocenters. The number of halogens is 1. The summed E-state index contributed by atoms with van der Waals surface area (Å²) in [6, 6.07) is 15.6. The molecule has 2 amide bonds. The number of nitrogens with zero attached hydrogens (tertiary/aromatic N) is 1. The number of hydrogen-bond donors (Lipinski definition) is 4. The molecule has 250 valence electrons. The number of rotatable bonds is 15. The van der Waals surface area contributed by atoms with Gasteiger partial charge in [0.1, 0.15) is 13.2 Å². The molecule has 0 spiro atoms. The van der Waals surface area contributed by atoms with E-state index in [1.807, 2.05) is 51.1 Å². The number of urea groups is 1. The van der Waals surface area contributed by atoms with Crippen molar-refractivity contribution in [2.75, 3.05) is 26.9 Å². The lowest BCUT2D eigenvalue weighted by Crippen LogP contribution is -2.45. The largest absolute Gasteiger partial charge is 0.490 e. The highest BCUT2D eigenvalue weighted by Gasteiger charge is 2.32. The molecular formula is C34H39BrN4O8. The van der Waals surface area contributed by atoms with Crippen molar-refractivity contribution in [3.63, 3.8) is 0 Å². The molecule has 3 aromatic rings. The molecule has 0 saturated carbocycles. The zero-order chi connectivity index (χ0) is 33.9. The minimum Gasteiger partial charge on any atom is -0.490 e. The van der Waals surface area contributed by atoms with Crippen molar-refractivity contribution in [2.45, 2.75) is 46.6 Å². The van der Waals surface area contributed by atoms with Gasteiger partial charge < -0.3 is 39.4 Å². The smallest absolute Gasteiger partial charge is 0.337 e. The quantitative estimate of drug-likeness (QED) is 0.0718. The van der Waals surface area contributed by atoms with Gasteiger partial charge in [0.25, 0.3) is 0 Å². The van der Waals surface area contributed by atoms with E-state index < -0.39 is 24.3 Å². The lowest BCUT2D eigenvalue weighted by Gasteiger charge is -2.28. The molecule has 0 radical (unpaired) electrons. The number of hydrogen-bond acceptors (Lipinski definition) is 10. The summed E-state index contributed by atoms with van der Waals surface area (Å²) < 4.78 is 29.1. The van der Waals surface area contributed by atoms with Gasteiger partial charge in [0.2, 0.25) is 0 Å². The maximum atomic E-state index is 12.5. The Morgan fingerprint density at radius 3 is 2.43 bits per heavy atom. The monoisotopic (exact) mass is 710 g/mol. The lowest BCUT2D eigenvalue weighted by molar-refractivity contribution is -0.136. The summed E-state index contributed by atoms with van der Waals surface area (Å²) >= 11 is 3.58. The number of aliphatic hydroxyl groups is 1. The molecule has 4 N–H and O–H groups in total. The molecule has 2 atom stereocenters. The van der Waals surface area contributed by atoms with Crippen molar-refractivity contribution in [1.29, 1.82) is 0 Å². The van der Waals surface area contributed by atoms with E-state index in [0.717, 1.165) is 5.56 Å². The van der Waals surface area contributed by atoms with E-state index in [1.54, 1.807) is 37.4 Å². The van der Waals surface area contributed by atoms with Gasteiger partial charge >= 0.3 is 12.0 Å². The Hall–Kier alpha value is -4.75. The van der Waals surface area contributed by atoms with Crippen molar-refractivity contribution < 1.29 is 38.4 Å². The zero-order valence-electron chi connectivity index (χ0n) is 26.9. The Bertz CT molecular complexity index is 1630. The first-order valence-corrected chi connectivity index (χ1v) is 15.8. The molecule has 0 fully saturated rings. The fraction of sp³-hybridized carbons (Fsp3) is 0.324. The first-order valence-electron chi connectivity index (χ1n) is 15.0. The molecule has 0 aliphatic carbocycles. The van der Waals surface area contributed by atoms with Crippen LogP contribution in [0.1, 0.15) is 49.1 Å². The number of carbonyl (C=O) groups excluding carboxylic acids is 2. The van der Waals surface area contributed by atoms with Gasteiger partial charge in [-0.3, -0.25) is 5.43 Å². The highest BCUT2D eigenvalue weighted by molar-refractivity contribution is 9.10. The first-order chi connectivity index (χ1) is 22.6. The number of aliphatic hydroxyl groups excluding tert-OH is 1. The zero-order valence-corrected chi connectivity index (χ0v) is 28.5. The van der Waals surface area contributed by atoms with Crippen LogP contribution >= 0.6 is 15.9 Å². The molecule has 0 saturated heterocycles. The fourth-order valence-corrected chi connectivity index (χ4v) is 5.30. The Morgan fingerprint density at radius 2 is 1.72 bits per heavy atom. The number of amides is 2. The van der Waals surface area contributed by atoms with Crippen LogP contribution in [-0.2, 0) is 16.1 Å². The van der Waals surface area contributed by atoms with Crippen LogP contribution in [0.2, 0.25) is 0 Å². The second kappa shape index (κ2) is 16.7. The summed E-state index contributed by atoms with van der Waals surface area (Å²) in [6.45, 7) is 8.37. The molecular weight excluding hydrogens is 672 g/mol. The van der Waals surface area contributed by atoms with E-state index in [1.165, 1.54) is 12.7 Å². The minimum absolute atomic E-state index is 0.160. The average Bonchev–Trinajstić information content (AvgIpc) is 3.04. The molecule has 4 rings (SSSR count). The molecule has 0 aromatic heterocycles. The van der Waals surface area contributed by atoms with Crippen molar-refractivity contribution in [1.82, 2.24) is 16.1 Å². The Morgan fingerprint density at radius 1 is 1.00 bits per heavy atom. The lowest BCUT2D eigenvalue weighted by atomic mass is 9.95. The number of aryl methyl sites for hydroxylation is 1. The van der Waals surface area contributed by atoms with Gasteiger partial charge in [-0.15, -0.1) is 0 Å². The molecule has 0 bridgehead atoms. The van der Waals surface area contributed by atoms with Crippen LogP contribution in [0.4, 0.5) is 4.79 Å². The molecule has 1 heterocycles. The third-order valence-corrected chi connectivity index (χ3v) is 7.53. The fourth-order valence-electron chi connectivity index (χ4n) is 4.73. The van der Waals surface area contributed by atoms with Crippen molar-refractivity contribution >= 4 is 34.1 Å². The van der Waals surface area contributed by atoms with Crippen molar-refractivity contribution in [2.24, 2.45) is 5.10 Å². The van der Waals surface area contributed by atoms with E-state index in [4.69, 9.17) is 23.7 Å². The van der Waals surface area contributed by atoms with E-state index >= 15 is 0 Å². The van der Waals surface area contributed by atoms with Crippen LogP contribution in [-0.4, -0.2) is 56.5 Å². The van der Waals surface area contributed by atoms with Crippen LogP contribution in [0, 0.1) is 6.92 Å². The summed E-state index contributed by atoms with van der Waals surface area (Å²) in [6.07, 6.45) is 0.384. The Balaban J connectivity index is 1.40. The SMILES string of the molecule is CCOc1cc([C@H]2NC(=O)NC(C)=C2C(=O)OC)ccc1OC[C@H](O)N/N=C\c1cc(Br)c(OCc2ccc(C)cc2)c(OCC)c1. The van der Waals surface area contributed by atoms with Gasteiger partial charge in [0.05, 0.1) is 42.6 Å². The van der Waals surface area contributed by atoms with Gasteiger partial charge in [0.15, 0.2) is 29.2 Å². The maximum Gasteiger partial charge on any atom is 0.337 e. The summed E-state index contributed by atoms with van der Waals surface area (Å²) in [4.78, 5) is 24.7. The van der Waals surface area contributed by atoms with Crippen LogP contribution in [0.5, 0.6) is 23.0 Å². The first kappa shape index (κ1) is 35.1.